The van der Waals surface area contributed by atoms with Crippen LogP contribution in [0.2, 0.25) is 0 Å². The van der Waals surface area contributed by atoms with Crippen molar-refractivity contribution in [3.05, 3.63) is 53.9 Å². The molecule has 7 heteroatoms. The molecule has 0 bridgehead atoms. The highest BCUT2D eigenvalue weighted by atomic mass is 16.5. The lowest BCUT2D eigenvalue weighted by atomic mass is 9.96. The van der Waals surface area contributed by atoms with Crippen LogP contribution in [0.5, 0.6) is 0 Å². The van der Waals surface area contributed by atoms with Crippen molar-refractivity contribution in [2.45, 2.75) is 31.1 Å². The minimum absolute atomic E-state index is 0.132. The Hall–Kier alpha value is -2.22. The van der Waals surface area contributed by atoms with Gasteiger partial charge in [0.25, 0.3) is 5.91 Å². The lowest BCUT2D eigenvalue weighted by Crippen LogP contribution is -2.52. The van der Waals surface area contributed by atoms with Gasteiger partial charge in [-0.25, -0.2) is 0 Å². The van der Waals surface area contributed by atoms with Crippen molar-refractivity contribution in [2.75, 3.05) is 32.8 Å². The number of hydrogen-bond acceptors (Lipinski definition) is 6. The van der Waals surface area contributed by atoms with Crippen molar-refractivity contribution in [3.8, 4) is 0 Å². The number of aliphatic hydroxyl groups excluding tert-OH is 1. The molecule has 0 spiro atoms. The van der Waals surface area contributed by atoms with Crippen LogP contribution in [0, 0.1) is 0 Å². The minimum atomic E-state index is -0.205. The summed E-state index contributed by atoms with van der Waals surface area (Å²) in [6, 6.07) is 11.4. The summed E-state index contributed by atoms with van der Waals surface area (Å²) in [5, 5.41) is 13.6. The Balaban J connectivity index is 1.58. The van der Waals surface area contributed by atoms with Crippen LogP contribution < -0.4 is 0 Å². The SMILES string of the molecule is O=C(c1ccon1)N1CCO[C@@H](CN2CCC(O)CC2)[C@@H]1c1ccccc1. The van der Waals surface area contributed by atoms with Crippen molar-refractivity contribution in [3.63, 3.8) is 0 Å². The van der Waals surface area contributed by atoms with E-state index < -0.39 is 0 Å². The zero-order valence-electron chi connectivity index (χ0n) is 15.2. The van der Waals surface area contributed by atoms with Gasteiger partial charge in [0, 0.05) is 32.2 Å². The molecule has 2 saturated heterocycles. The maximum Gasteiger partial charge on any atom is 0.276 e. The van der Waals surface area contributed by atoms with Gasteiger partial charge in [-0.1, -0.05) is 35.5 Å². The molecular weight excluding hydrogens is 346 g/mol. The number of amides is 1. The number of hydrogen-bond donors (Lipinski definition) is 1. The number of morpholine rings is 1. The molecule has 0 saturated carbocycles. The fraction of sp³-hybridized carbons (Fsp3) is 0.500. The zero-order chi connectivity index (χ0) is 18.6. The molecule has 0 unspecified atom stereocenters. The number of aromatic nitrogens is 1. The number of rotatable bonds is 4. The van der Waals surface area contributed by atoms with Gasteiger partial charge in [0.05, 0.1) is 24.9 Å². The largest absolute Gasteiger partial charge is 0.393 e. The van der Waals surface area contributed by atoms with E-state index in [4.69, 9.17) is 9.26 Å². The standard InChI is InChI=1S/C20H25N3O4/c24-16-6-9-22(10-7-16)14-18-19(15-4-2-1-3-5-15)23(11-13-26-18)20(25)17-8-12-27-21-17/h1-5,8,12,16,18-19,24H,6-7,9-11,13-14H2/t18-,19-/m0/s1. The van der Waals surface area contributed by atoms with Crippen LogP contribution >= 0.6 is 0 Å². The summed E-state index contributed by atoms with van der Waals surface area (Å²) in [7, 11) is 0. The third kappa shape index (κ3) is 4.05. The van der Waals surface area contributed by atoms with E-state index in [9.17, 15) is 9.90 Å². The van der Waals surface area contributed by atoms with Crippen LogP contribution in [-0.4, -0.2) is 71.0 Å². The number of piperidine rings is 1. The fourth-order valence-corrected chi connectivity index (χ4v) is 3.98. The zero-order valence-corrected chi connectivity index (χ0v) is 15.2. The Morgan fingerprint density at radius 1 is 1.15 bits per heavy atom. The number of ether oxygens (including phenoxy) is 1. The Morgan fingerprint density at radius 2 is 1.93 bits per heavy atom. The first-order chi connectivity index (χ1) is 13.2. The van der Waals surface area contributed by atoms with E-state index in [0.717, 1.165) is 38.0 Å². The van der Waals surface area contributed by atoms with Gasteiger partial charge in [0.2, 0.25) is 0 Å². The molecule has 0 aliphatic carbocycles. The second-order valence-corrected chi connectivity index (χ2v) is 7.18. The molecule has 1 N–H and O–H groups in total. The molecule has 0 radical (unpaired) electrons. The van der Waals surface area contributed by atoms with Crippen LogP contribution in [0.15, 0.2) is 47.2 Å². The summed E-state index contributed by atoms with van der Waals surface area (Å²) in [4.78, 5) is 17.2. The van der Waals surface area contributed by atoms with E-state index in [-0.39, 0.29) is 24.2 Å². The Kier molecular flexibility index (Phi) is 5.52. The van der Waals surface area contributed by atoms with Crippen LogP contribution in [0.25, 0.3) is 0 Å². The average molecular weight is 371 g/mol. The quantitative estimate of drug-likeness (QED) is 0.882. The van der Waals surface area contributed by atoms with Crippen molar-refractivity contribution in [1.29, 1.82) is 0 Å². The highest BCUT2D eigenvalue weighted by molar-refractivity contribution is 5.92. The summed E-state index contributed by atoms with van der Waals surface area (Å²) in [6.45, 7) is 3.43. The summed E-state index contributed by atoms with van der Waals surface area (Å²) in [5.74, 6) is -0.139. The molecule has 2 aromatic rings. The van der Waals surface area contributed by atoms with E-state index in [0.29, 0.717) is 18.8 Å². The van der Waals surface area contributed by atoms with E-state index in [1.807, 2.05) is 35.2 Å². The lowest BCUT2D eigenvalue weighted by Gasteiger charge is -2.43. The van der Waals surface area contributed by atoms with Gasteiger partial charge in [0.15, 0.2) is 5.69 Å². The molecular formula is C20H25N3O4. The van der Waals surface area contributed by atoms with Gasteiger partial charge in [-0.05, 0) is 18.4 Å². The van der Waals surface area contributed by atoms with E-state index in [1.165, 1.54) is 6.26 Å². The molecule has 1 aromatic carbocycles. The van der Waals surface area contributed by atoms with Gasteiger partial charge < -0.3 is 24.2 Å². The second kappa shape index (κ2) is 8.21. The maximum atomic E-state index is 13.0. The highest BCUT2D eigenvalue weighted by Crippen LogP contribution is 2.31. The number of carbonyl (C=O) groups is 1. The number of likely N-dealkylation sites (tertiary alicyclic amines) is 1. The van der Waals surface area contributed by atoms with Crippen molar-refractivity contribution >= 4 is 5.91 Å². The number of nitrogens with zero attached hydrogens (tertiary/aromatic N) is 3. The number of benzene rings is 1. The number of carbonyl (C=O) groups excluding carboxylic acids is 1. The van der Waals surface area contributed by atoms with Crippen molar-refractivity contribution in [2.24, 2.45) is 0 Å². The Labute approximate surface area is 158 Å². The summed E-state index contributed by atoms with van der Waals surface area (Å²) < 4.78 is 11.0. The smallest absolute Gasteiger partial charge is 0.276 e. The van der Waals surface area contributed by atoms with E-state index in [1.54, 1.807) is 6.07 Å². The topological polar surface area (TPSA) is 79.0 Å². The van der Waals surface area contributed by atoms with E-state index in [2.05, 4.69) is 10.1 Å². The third-order valence-corrected chi connectivity index (χ3v) is 5.41. The predicted molar refractivity (Wildman–Crippen MR) is 98.1 cm³/mol. The molecule has 4 rings (SSSR count). The highest BCUT2D eigenvalue weighted by Gasteiger charge is 2.38. The van der Waals surface area contributed by atoms with Gasteiger partial charge in [-0.15, -0.1) is 0 Å². The van der Waals surface area contributed by atoms with E-state index >= 15 is 0 Å². The summed E-state index contributed by atoms with van der Waals surface area (Å²) >= 11 is 0. The molecule has 7 nitrogen and oxygen atoms in total. The van der Waals surface area contributed by atoms with Crippen molar-refractivity contribution in [1.82, 2.24) is 15.0 Å². The second-order valence-electron chi connectivity index (χ2n) is 7.18. The third-order valence-electron chi connectivity index (χ3n) is 5.41. The molecule has 1 aromatic heterocycles. The molecule has 2 aliphatic rings. The van der Waals surface area contributed by atoms with Crippen LogP contribution in [0.4, 0.5) is 0 Å². The van der Waals surface area contributed by atoms with Crippen LogP contribution in [0.3, 0.4) is 0 Å². The maximum absolute atomic E-state index is 13.0. The monoisotopic (exact) mass is 371 g/mol. The van der Waals surface area contributed by atoms with Gasteiger partial charge in [-0.2, -0.15) is 0 Å². The Morgan fingerprint density at radius 3 is 2.63 bits per heavy atom. The molecule has 2 aliphatic heterocycles. The minimum Gasteiger partial charge on any atom is -0.393 e. The average Bonchev–Trinajstić information content (AvgIpc) is 3.24. The first-order valence-corrected chi connectivity index (χ1v) is 9.50. The van der Waals surface area contributed by atoms with Crippen LogP contribution in [0.1, 0.15) is 34.9 Å². The first-order valence-electron chi connectivity index (χ1n) is 9.50. The molecule has 2 fully saturated rings. The molecule has 27 heavy (non-hydrogen) atoms. The molecule has 144 valence electrons. The van der Waals surface area contributed by atoms with Gasteiger partial charge in [0.1, 0.15) is 6.26 Å². The predicted octanol–water partition coefficient (Wildman–Crippen LogP) is 1.71. The normalized spacial score (nSPS) is 24.9. The molecule has 2 atom stereocenters. The summed E-state index contributed by atoms with van der Waals surface area (Å²) in [5.41, 5.74) is 1.37. The molecule has 3 heterocycles. The first kappa shape index (κ1) is 18.2. The van der Waals surface area contributed by atoms with Gasteiger partial charge in [-0.3, -0.25) is 4.79 Å². The Bertz CT molecular complexity index is 729. The summed E-state index contributed by atoms with van der Waals surface area (Å²) in [6.07, 6.45) is 2.65. The number of aliphatic hydroxyl groups is 1. The van der Waals surface area contributed by atoms with Gasteiger partial charge >= 0.3 is 0 Å². The van der Waals surface area contributed by atoms with Crippen molar-refractivity contribution < 1.29 is 19.2 Å². The fourth-order valence-electron chi connectivity index (χ4n) is 3.98. The van der Waals surface area contributed by atoms with Crippen LogP contribution in [-0.2, 0) is 4.74 Å². The molecule has 1 amide bonds. The lowest BCUT2D eigenvalue weighted by molar-refractivity contribution is -0.0772.